The molecule has 0 saturated carbocycles. The van der Waals surface area contributed by atoms with E-state index in [1.54, 1.807) is 20.8 Å². The van der Waals surface area contributed by atoms with Gasteiger partial charge in [-0.1, -0.05) is 0 Å². The van der Waals surface area contributed by atoms with Crippen molar-refractivity contribution in [3.05, 3.63) is 47.0 Å². The van der Waals surface area contributed by atoms with Gasteiger partial charge in [-0.05, 0) is 57.9 Å². The molecule has 10 heteroatoms. The van der Waals surface area contributed by atoms with Crippen LogP contribution in [0, 0.1) is 25.6 Å². The lowest BCUT2D eigenvalue weighted by atomic mass is 9.99. The zero-order valence-corrected chi connectivity index (χ0v) is 18.5. The molecular weight excluding hydrogens is 425 g/mol. The SMILES string of the molecule is CCOC(=O)c1c(C)[nH]c(C)c1S(=O)(=O)N1CCC[C@H](C(=O)Nc2ccc(F)cc2)C1. The van der Waals surface area contributed by atoms with Crippen LogP contribution in [0.1, 0.15) is 41.5 Å². The van der Waals surface area contributed by atoms with Crippen LogP contribution in [-0.2, 0) is 19.6 Å². The summed E-state index contributed by atoms with van der Waals surface area (Å²) in [6.07, 6.45) is 1.02. The van der Waals surface area contributed by atoms with Gasteiger partial charge < -0.3 is 15.0 Å². The van der Waals surface area contributed by atoms with Gasteiger partial charge in [-0.3, -0.25) is 4.79 Å². The van der Waals surface area contributed by atoms with Crippen LogP contribution in [0.5, 0.6) is 0 Å². The minimum atomic E-state index is -4.04. The number of amides is 1. The highest BCUT2D eigenvalue weighted by Crippen LogP contribution is 2.31. The fourth-order valence-corrected chi connectivity index (χ4v) is 5.75. The summed E-state index contributed by atoms with van der Waals surface area (Å²) in [5.74, 6) is -2.02. The van der Waals surface area contributed by atoms with Gasteiger partial charge in [0.1, 0.15) is 16.3 Å². The number of rotatable bonds is 6. The minimum Gasteiger partial charge on any atom is -0.462 e. The van der Waals surface area contributed by atoms with Gasteiger partial charge in [-0.2, -0.15) is 4.31 Å². The molecule has 2 aromatic rings. The summed E-state index contributed by atoms with van der Waals surface area (Å²) < 4.78 is 46.2. The van der Waals surface area contributed by atoms with Gasteiger partial charge in [0.15, 0.2) is 0 Å². The number of carbonyl (C=O) groups excluding carboxylic acids is 2. The van der Waals surface area contributed by atoms with Crippen molar-refractivity contribution < 1.29 is 27.1 Å². The van der Waals surface area contributed by atoms with Gasteiger partial charge in [0.2, 0.25) is 15.9 Å². The number of aryl methyl sites for hydroxylation is 2. The Morgan fingerprint density at radius 3 is 2.55 bits per heavy atom. The van der Waals surface area contributed by atoms with Crippen molar-refractivity contribution in [2.75, 3.05) is 25.0 Å². The predicted octanol–water partition coefficient (Wildman–Crippen LogP) is 2.99. The fourth-order valence-electron chi connectivity index (χ4n) is 3.81. The molecule has 1 amide bonds. The molecule has 31 heavy (non-hydrogen) atoms. The van der Waals surface area contributed by atoms with Gasteiger partial charge in [0.05, 0.1) is 12.5 Å². The lowest BCUT2D eigenvalue weighted by Crippen LogP contribution is -2.44. The van der Waals surface area contributed by atoms with Crippen LogP contribution < -0.4 is 5.32 Å². The van der Waals surface area contributed by atoms with Gasteiger partial charge in [-0.15, -0.1) is 0 Å². The first-order valence-corrected chi connectivity index (χ1v) is 11.5. The highest BCUT2D eigenvalue weighted by Gasteiger charge is 2.38. The molecule has 0 spiro atoms. The predicted molar refractivity (Wildman–Crippen MR) is 113 cm³/mol. The Labute approximate surface area is 180 Å². The van der Waals surface area contributed by atoms with E-state index in [-0.39, 0.29) is 36.1 Å². The number of esters is 1. The number of aromatic nitrogens is 1. The third-order valence-corrected chi connectivity index (χ3v) is 7.30. The van der Waals surface area contributed by atoms with E-state index < -0.39 is 27.7 Å². The molecular formula is C21H26FN3O5S. The second-order valence-electron chi connectivity index (χ2n) is 7.50. The van der Waals surface area contributed by atoms with Gasteiger partial charge in [-0.25, -0.2) is 17.6 Å². The Balaban J connectivity index is 1.83. The summed E-state index contributed by atoms with van der Waals surface area (Å²) in [5, 5.41) is 2.71. The molecule has 2 heterocycles. The van der Waals surface area contributed by atoms with Gasteiger partial charge in [0, 0.05) is 30.2 Å². The molecule has 0 aliphatic carbocycles. The number of halogens is 1. The summed E-state index contributed by atoms with van der Waals surface area (Å²) in [5.41, 5.74) is 1.20. The number of ether oxygens (including phenoxy) is 1. The van der Waals surface area contributed by atoms with Crippen LogP contribution >= 0.6 is 0 Å². The van der Waals surface area contributed by atoms with Gasteiger partial charge >= 0.3 is 5.97 Å². The standard InChI is InChI=1S/C21H26FN3O5S/c1-4-30-21(27)18-13(2)23-14(3)19(18)31(28,29)25-11-5-6-15(12-25)20(26)24-17-9-7-16(22)8-10-17/h7-10,15,23H,4-6,11-12H2,1-3H3,(H,24,26)/t15-/m0/s1. The highest BCUT2D eigenvalue weighted by molar-refractivity contribution is 7.89. The van der Waals surface area contributed by atoms with Crippen molar-refractivity contribution in [2.45, 2.75) is 38.5 Å². The number of hydrogen-bond donors (Lipinski definition) is 2. The number of nitrogens with zero attached hydrogens (tertiary/aromatic N) is 1. The maximum absolute atomic E-state index is 13.4. The number of benzene rings is 1. The number of sulfonamides is 1. The lowest BCUT2D eigenvalue weighted by molar-refractivity contribution is -0.120. The monoisotopic (exact) mass is 451 g/mol. The van der Waals surface area contributed by atoms with Crippen molar-refractivity contribution in [2.24, 2.45) is 5.92 Å². The van der Waals surface area contributed by atoms with E-state index in [9.17, 15) is 22.4 Å². The Morgan fingerprint density at radius 1 is 1.23 bits per heavy atom. The van der Waals surface area contributed by atoms with E-state index in [0.29, 0.717) is 29.9 Å². The zero-order valence-electron chi connectivity index (χ0n) is 17.7. The maximum Gasteiger partial charge on any atom is 0.341 e. The molecule has 0 bridgehead atoms. The van der Waals surface area contributed by atoms with E-state index in [0.717, 1.165) is 0 Å². The van der Waals surface area contributed by atoms with Gasteiger partial charge in [0.25, 0.3) is 0 Å². The molecule has 168 valence electrons. The van der Waals surface area contributed by atoms with Crippen LogP contribution in [0.25, 0.3) is 0 Å². The largest absolute Gasteiger partial charge is 0.462 e. The first kappa shape index (κ1) is 23.0. The smallest absolute Gasteiger partial charge is 0.341 e. The molecule has 1 fully saturated rings. The Morgan fingerprint density at radius 2 is 1.90 bits per heavy atom. The number of carbonyl (C=O) groups is 2. The van der Waals surface area contributed by atoms with E-state index in [1.807, 2.05) is 0 Å². The van der Waals surface area contributed by atoms with Crippen LogP contribution in [0.4, 0.5) is 10.1 Å². The maximum atomic E-state index is 13.4. The van der Waals surface area contributed by atoms with E-state index in [4.69, 9.17) is 4.74 Å². The van der Waals surface area contributed by atoms with Crippen LogP contribution in [0.15, 0.2) is 29.2 Å². The molecule has 1 aliphatic heterocycles. The highest BCUT2D eigenvalue weighted by atomic mass is 32.2. The third kappa shape index (κ3) is 4.80. The number of piperidine rings is 1. The molecule has 8 nitrogen and oxygen atoms in total. The lowest BCUT2D eigenvalue weighted by Gasteiger charge is -2.31. The Bertz CT molecular complexity index is 1080. The third-order valence-electron chi connectivity index (χ3n) is 5.26. The topological polar surface area (TPSA) is 109 Å². The molecule has 2 N–H and O–H groups in total. The second kappa shape index (κ2) is 9.19. The van der Waals surface area contributed by atoms with Crippen LogP contribution in [0.3, 0.4) is 0 Å². The van der Waals surface area contributed by atoms with E-state index in [1.165, 1.54) is 28.6 Å². The quantitative estimate of drug-likeness (QED) is 0.657. The van der Waals surface area contributed by atoms with Crippen molar-refractivity contribution in [3.8, 4) is 0 Å². The second-order valence-corrected chi connectivity index (χ2v) is 9.37. The van der Waals surface area contributed by atoms with Crippen molar-refractivity contribution in [1.29, 1.82) is 0 Å². The van der Waals surface area contributed by atoms with Crippen molar-refractivity contribution >= 4 is 27.6 Å². The minimum absolute atomic E-state index is 0.00256. The van der Waals surface area contributed by atoms with Crippen LogP contribution in [-0.4, -0.2) is 49.3 Å². The molecule has 1 atom stereocenters. The Kier molecular flexibility index (Phi) is 6.80. The number of nitrogens with one attached hydrogen (secondary N) is 2. The summed E-state index contributed by atoms with van der Waals surface area (Å²) in [6.45, 7) is 5.21. The summed E-state index contributed by atoms with van der Waals surface area (Å²) in [6, 6.07) is 5.37. The van der Waals surface area contributed by atoms with Crippen molar-refractivity contribution in [1.82, 2.24) is 9.29 Å². The first-order chi connectivity index (χ1) is 14.6. The zero-order chi connectivity index (χ0) is 22.8. The number of anilines is 1. The van der Waals surface area contributed by atoms with E-state index in [2.05, 4.69) is 10.3 Å². The summed E-state index contributed by atoms with van der Waals surface area (Å²) in [4.78, 5) is 27.9. The van der Waals surface area contributed by atoms with Crippen LogP contribution in [0.2, 0.25) is 0 Å². The van der Waals surface area contributed by atoms with Crippen molar-refractivity contribution in [3.63, 3.8) is 0 Å². The van der Waals surface area contributed by atoms with E-state index >= 15 is 0 Å². The number of aromatic amines is 1. The molecule has 0 radical (unpaired) electrons. The summed E-state index contributed by atoms with van der Waals surface area (Å²) >= 11 is 0. The normalized spacial score (nSPS) is 17.4. The average molecular weight is 452 g/mol. The molecule has 3 rings (SSSR count). The average Bonchev–Trinajstić information content (AvgIpc) is 3.04. The molecule has 1 aromatic carbocycles. The molecule has 1 saturated heterocycles. The first-order valence-electron chi connectivity index (χ1n) is 10.1. The number of hydrogen-bond acceptors (Lipinski definition) is 5. The summed E-state index contributed by atoms with van der Waals surface area (Å²) in [7, 11) is -4.04. The molecule has 1 aromatic heterocycles. The fraction of sp³-hybridized carbons (Fsp3) is 0.429. The molecule has 0 unspecified atom stereocenters. The Hall–Kier alpha value is -2.72. The number of H-pyrrole nitrogens is 1. The molecule has 1 aliphatic rings.